The smallest absolute Gasteiger partial charge is 0.248 e. The molecule has 1 aromatic rings. The largest absolute Gasteiger partial charge is 0.333 e. The van der Waals surface area contributed by atoms with Crippen LogP contribution in [0.1, 0.15) is 18.5 Å². The third kappa shape index (κ3) is 4.35. The molecule has 1 aromatic heterocycles. The Hall–Kier alpha value is -2.29. The second kappa shape index (κ2) is 6.93. The summed E-state index contributed by atoms with van der Waals surface area (Å²) in [5.74, 6) is -1.03. The summed E-state index contributed by atoms with van der Waals surface area (Å²) < 4.78 is 1.34. The molecule has 21 heavy (non-hydrogen) atoms. The molecular formula is C12H18N6O3. The number of imide groups is 1. The van der Waals surface area contributed by atoms with Crippen LogP contribution >= 0.6 is 0 Å². The summed E-state index contributed by atoms with van der Waals surface area (Å²) in [5, 5.41) is 9.85. The van der Waals surface area contributed by atoms with Crippen molar-refractivity contribution in [1.82, 2.24) is 25.2 Å². The number of rotatable bonds is 6. The highest BCUT2D eigenvalue weighted by Gasteiger charge is 2.23. The van der Waals surface area contributed by atoms with E-state index >= 15 is 0 Å². The number of hydrogen-bond acceptors (Lipinski definition) is 6. The average Bonchev–Trinajstić information content (AvgIpc) is 3.00. The topological polar surface area (TPSA) is 123 Å². The quantitative estimate of drug-likeness (QED) is 0.628. The second-order valence-electron chi connectivity index (χ2n) is 4.84. The van der Waals surface area contributed by atoms with Crippen molar-refractivity contribution in [2.24, 2.45) is 5.73 Å². The van der Waals surface area contributed by atoms with Gasteiger partial charge in [-0.05, 0) is 13.0 Å². The van der Waals surface area contributed by atoms with Crippen LogP contribution in [0.5, 0.6) is 0 Å². The Bertz CT molecular complexity index is 541. The minimum absolute atomic E-state index is 0.0553. The molecule has 1 fully saturated rings. The fraction of sp³-hybridized carbons (Fsp3) is 0.583. The zero-order valence-corrected chi connectivity index (χ0v) is 11.6. The number of amides is 3. The molecule has 1 aliphatic rings. The van der Waals surface area contributed by atoms with E-state index in [2.05, 4.69) is 15.6 Å². The summed E-state index contributed by atoms with van der Waals surface area (Å²) in [5.41, 5.74) is 6.09. The lowest BCUT2D eigenvalue weighted by atomic mass is 10.3. The minimum Gasteiger partial charge on any atom is -0.333 e. The van der Waals surface area contributed by atoms with Gasteiger partial charge in [-0.25, -0.2) is 4.68 Å². The number of nitrogens with two attached hydrogens (primary N) is 1. The number of nitrogens with one attached hydrogen (secondary N) is 1. The summed E-state index contributed by atoms with van der Waals surface area (Å²) in [6, 6.07) is 0. The number of carbonyl (C=O) groups excluding carboxylic acids is 3. The van der Waals surface area contributed by atoms with Crippen molar-refractivity contribution >= 4 is 17.7 Å². The van der Waals surface area contributed by atoms with Gasteiger partial charge in [-0.3, -0.25) is 19.7 Å². The molecule has 0 unspecified atom stereocenters. The third-order valence-electron chi connectivity index (χ3n) is 3.08. The Labute approximate surface area is 121 Å². The number of likely N-dealkylation sites (tertiary alicyclic amines) is 1. The van der Waals surface area contributed by atoms with Gasteiger partial charge in [0.05, 0.1) is 12.2 Å². The maximum atomic E-state index is 11.7. The van der Waals surface area contributed by atoms with Gasteiger partial charge in [0.25, 0.3) is 0 Å². The monoisotopic (exact) mass is 294 g/mol. The summed E-state index contributed by atoms with van der Waals surface area (Å²) in [7, 11) is 0. The first-order chi connectivity index (χ1) is 10.1. The van der Waals surface area contributed by atoms with Gasteiger partial charge in [-0.15, -0.1) is 5.10 Å². The van der Waals surface area contributed by atoms with E-state index < -0.39 is 11.8 Å². The third-order valence-corrected chi connectivity index (χ3v) is 3.08. The van der Waals surface area contributed by atoms with E-state index in [0.717, 1.165) is 6.42 Å². The zero-order valence-electron chi connectivity index (χ0n) is 11.6. The predicted octanol–water partition coefficient (Wildman–Crippen LogP) is -1.96. The zero-order chi connectivity index (χ0) is 15.2. The summed E-state index contributed by atoms with van der Waals surface area (Å²) in [6.07, 6.45) is 3.41. The maximum Gasteiger partial charge on any atom is 0.248 e. The lowest BCUT2D eigenvalue weighted by Gasteiger charge is -2.14. The number of aromatic nitrogens is 3. The van der Waals surface area contributed by atoms with Crippen LogP contribution in [-0.2, 0) is 27.3 Å². The van der Waals surface area contributed by atoms with Gasteiger partial charge < -0.3 is 10.6 Å². The van der Waals surface area contributed by atoms with Gasteiger partial charge in [0.15, 0.2) is 0 Å². The van der Waals surface area contributed by atoms with E-state index in [1.54, 1.807) is 6.20 Å². The first kappa shape index (κ1) is 15.1. The van der Waals surface area contributed by atoms with Crippen LogP contribution in [0.15, 0.2) is 6.20 Å². The van der Waals surface area contributed by atoms with Crippen molar-refractivity contribution in [2.75, 3.05) is 19.6 Å². The predicted molar refractivity (Wildman–Crippen MR) is 71.7 cm³/mol. The molecule has 0 bridgehead atoms. The molecule has 0 aromatic carbocycles. The van der Waals surface area contributed by atoms with Crippen LogP contribution in [0.3, 0.4) is 0 Å². The summed E-state index contributed by atoms with van der Waals surface area (Å²) in [6.45, 7) is 0.830. The van der Waals surface area contributed by atoms with Gasteiger partial charge >= 0.3 is 0 Å². The van der Waals surface area contributed by atoms with Crippen molar-refractivity contribution in [1.29, 1.82) is 0 Å². The molecule has 2 rings (SSSR count). The van der Waals surface area contributed by atoms with Crippen LogP contribution < -0.4 is 11.1 Å². The first-order valence-corrected chi connectivity index (χ1v) is 6.78. The lowest BCUT2D eigenvalue weighted by molar-refractivity contribution is -0.136. The molecule has 3 amide bonds. The van der Waals surface area contributed by atoms with Crippen LogP contribution in [-0.4, -0.2) is 57.2 Å². The molecule has 0 aliphatic carbocycles. The second-order valence-corrected chi connectivity index (χ2v) is 4.84. The van der Waals surface area contributed by atoms with Crippen LogP contribution in [0, 0.1) is 0 Å². The van der Waals surface area contributed by atoms with E-state index in [4.69, 9.17) is 5.73 Å². The number of nitrogens with zero attached hydrogens (tertiary/aromatic N) is 4. The first-order valence-electron chi connectivity index (χ1n) is 6.78. The molecule has 114 valence electrons. The Kier molecular flexibility index (Phi) is 4.99. The van der Waals surface area contributed by atoms with Crippen molar-refractivity contribution in [3.63, 3.8) is 0 Å². The highest BCUT2D eigenvalue weighted by atomic mass is 16.2. The highest BCUT2D eigenvalue weighted by molar-refractivity contribution is 5.97. The molecule has 1 aliphatic heterocycles. The normalized spacial score (nSPS) is 14.5. The number of hydrogen-bond donors (Lipinski definition) is 2. The Balaban J connectivity index is 1.77. The maximum absolute atomic E-state index is 11.7. The fourth-order valence-corrected chi connectivity index (χ4v) is 2.10. The van der Waals surface area contributed by atoms with E-state index in [1.807, 2.05) is 0 Å². The Morgan fingerprint density at radius 2 is 2.10 bits per heavy atom. The standard InChI is InChI=1S/C12H18N6O3/c13-4-3-9-6-18(16-15-9)8-11(20)14-10(19)7-17-5-1-2-12(17)21/h6H,1-5,7-8,13H2,(H,14,19,20). The SMILES string of the molecule is NCCc1cn(CC(=O)NC(=O)CN2CCCC2=O)nn1. The average molecular weight is 294 g/mol. The fourth-order valence-electron chi connectivity index (χ4n) is 2.10. The summed E-state index contributed by atoms with van der Waals surface area (Å²) in [4.78, 5) is 36.2. The van der Waals surface area contributed by atoms with Crippen molar-refractivity contribution in [3.05, 3.63) is 11.9 Å². The molecule has 0 atom stereocenters. The van der Waals surface area contributed by atoms with E-state index in [0.29, 0.717) is 31.6 Å². The molecule has 0 spiro atoms. The Morgan fingerprint density at radius 3 is 2.76 bits per heavy atom. The molecule has 3 N–H and O–H groups in total. The molecule has 2 heterocycles. The van der Waals surface area contributed by atoms with Gasteiger partial charge in [0.2, 0.25) is 17.7 Å². The van der Waals surface area contributed by atoms with Gasteiger partial charge in [-0.1, -0.05) is 5.21 Å². The van der Waals surface area contributed by atoms with Crippen LogP contribution in [0.25, 0.3) is 0 Å². The van der Waals surface area contributed by atoms with E-state index in [-0.39, 0.29) is 19.0 Å². The summed E-state index contributed by atoms with van der Waals surface area (Å²) >= 11 is 0. The van der Waals surface area contributed by atoms with Gasteiger partial charge in [-0.2, -0.15) is 0 Å². The van der Waals surface area contributed by atoms with Crippen molar-refractivity contribution in [2.45, 2.75) is 25.8 Å². The van der Waals surface area contributed by atoms with Crippen molar-refractivity contribution < 1.29 is 14.4 Å². The van der Waals surface area contributed by atoms with E-state index in [1.165, 1.54) is 9.58 Å². The number of carbonyl (C=O) groups is 3. The Morgan fingerprint density at radius 1 is 1.33 bits per heavy atom. The van der Waals surface area contributed by atoms with Crippen LogP contribution in [0.2, 0.25) is 0 Å². The molecule has 1 saturated heterocycles. The molecule has 0 radical (unpaired) electrons. The highest BCUT2D eigenvalue weighted by Crippen LogP contribution is 2.08. The van der Waals surface area contributed by atoms with Gasteiger partial charge in [0.1, 0.15) is 6.54 Å². The van der Waals surface area contributed by atoms with Crippen molar-refractivity contribution in [3.8, 4) is 0 Å². The molecule has 0 saturated carbocycles. The molecule has 9 heteroatoms. The van der Waals surface area contributed by atoms with E-state index in [9.17, 15) is 14.4 Å². The van der Waals surface area contributed by atoms with Gasteiger partial charge in [0, 0.05) is 25.6 Å². The molecular weight excluding hydrogens is 276 g/mol. The minimum atomic E-state index is -0.490. The lowest BCUT2D eigenvalue weighted by Crippen LogP contribution is -2.41. The van der Waals surface area contributed by atoms with Crippen LogP contribution in [0.4, 0.5) is 0 Å². The molecule has 9 nitrogen and oxygen atoms in total.